The maximum Gasteiger partial charge on any atom is 0.146 e. The van der Waals surface area contributed by atoms with E-state index in [-0.39, 0.29) is 12.1 Å². The Morgan fingerprint density at radius 3 is 2.80 bits per heavy atom. The van der Waals surface area contributed by atoms with Crippen LogP contribution in [0.5, 0.6) is 0 Å². The molecule has 0 radical (unpaired) electrons. The van der Waals surface area contributed by atoms with E-state index in [9.17, 15) is 5.11 Å². The minimum absolute atomic E-state index is 0.116. The van der Waals surface area contributed by atoms with Gasteiger partial charge in [0, 0.05) is 35.8 Å². The smallest absolute Gasteiger partial charge is 0.146 e. The van der Waals surface area contributed by atoms with Crippen molar-refractivity contribution >= 4 is 11.3 Å². The maximum absolute atomic E-state index is 9.31. The summed E-state index contributed by atoms with van der Waals surface area (Å²) in [5.41, 5.74) is 0.116. The number of thiophene rings is 1. The predicted molar refractivity (Wildman–Crippen MR) is 102 cm³/mol. The number of likely N-dealkylation sites (tertiary alicyclic amines) is 1. The van der Waals surface area contributed by atoms with E-state index in [0.29, 0.717) is 12.7 Å². The molecule has 2 aliphatic rings. The highest BCUT2D eigenvalue weighted by atomic mass is 32.1. The monoisotopic (exact) mass is 367 g/mol. The summed E-state index contributed by atoms with van der Waals surface area (Å²) >= 11 is 1.91. The molecule has 1 aromatic heterocycles. The number of ether oxygens (including phenoxy) is 2. The zero-order chi connectivity index (χ0) is 17.5. The largest absolute Gasteiger partial charge is 0.396 e. The fraction of sp³-hybridized carbons (Fsp3) is 0.800. The van der Waals surface area contributed by atoms with Gasteiger partial charge in [-0.25, -0.2) is 0 Å². The third-order valence-electron chi connectivity index (χ3n) is 5.92. The molecule has 142 valence electrons. The van der Waals surface area contributed by atoms with Gasteiger partial charge in [-0.15, -0.1) is 11.3 Å². The Morgan fingerprint density at radius 2 is 2.04 bits per heavy atom. The van der Waals surface area contributed by atoms with Gasteiger partial charge in [0.25, 0.3) is 0 Å². The lowest BCUT2D eigenvalue weighted by Crippen LogP contribution is -2.55. The highest BCUT2D eigenvalue weighted by Gasteiger charge is 2.47. The van der Waals surface area contributed by atoms with Crippen LogP contribution in [0.1, 0.15) is 54.7 Å². The molecule has 1 aliphatic heterocycles. The molecule has 3 rings (SSSR count). The van der Waals surface area contributed by atoms with E-state index in [2.05, 4.69) is 17.0 Å². The third-order valence-corrected chi connectivity index (χ3v) is 7.23. The molecule has 1 aliphatic carbocycles. The van der Waals surface area contributed by atoms with Crippen molar-refractivity contribution in [3.63, 3.8) is 0 Å². The molecule has 4 nitrogen and oxygen atoms in total. The van der Waals surface area contributed by atoms with Gasteiger partial charge in [-0.3, -0.25) is 4.90 Å². The van der Waals surface area contributed by atoms with Crippen LogP contribution >= 0.6 is 11.3 Å². The van der Waals surface area contributed by atoms with Crippen LogP contribution in [-0.2, 0) is 21.4 Å². The van der Waals surface area contributed by atoms with Crippen molar-refractivity contribution in [3.8, 4) is 0 Å². The number of hydrogen-bond acceptors (Lipinski definition) is 5. The topological polar surface area (TPSA) is 41.9 Å². The Bertz CT molecular complexity index is 515. The zero-order valence-corrected chi connectivity index (χ0v) is 16.4. The summed E-state index contributed by atoms with van der Waals surface area (Å²) in [4.78, 5) is 5.56. The van der Waals surface area contributed by atoms with E-state index < -0.39 is 0 Å². The second-order valence-electron chi connectivity index (χ2n) is 7.43. The third kappa shape index (κ3) is 4.28. The summed E-state index contributed by atoms with van der Waals surface area (Å²) in [6, 6.07) is 4.56. The molecular formula is C20H33NO3S. The van der Waals surface area contributed by atoms with Gasteiger partial charge >= 0.3 is 0 Å². The summed E-state index contributed by atoms with van der Waals surface area (Å²) in [5.74, 6) is 0.523. The molecule has 1 aromatic rings. The van der Waals surface area contributed by atoms with Crippen molar-refractivity contribution in [3.05, 3.63) is 21.9 Å². The Balaban J connectivity index is 1.90. The molecule has 2 heterocycles. The Morgan fingerprint density at radius 1 is 1.20 bits per heavy atom. The second kappa shape index (κ2) is 9.47. The first kappa shape index (κ1) is 19.3. The molecule has 25 heavy (non-hydrogen) atoms. The minimum Gasteiger partial charge on any atom is -0.396 e. The number of aliphatic hydroxyl groups excluding tert-OH is 1. The van der Waals surface area contributed by atoms with Crippen LogP contribution in [0.3, 0.4) is 0 Å². The Labute approximate surface area is 156 Å². The molecule has 1 N–H and O–H groups in total. The van der Waals surface area contributed by atoms with Crippen LogP contribution < -0.4 is 0 Å². The van der Waals surface area contributed by atoms with Crippen molar-refractivity contribution in [1.82, 2.24) is 4.90 Å². The Hall–Kier alpha value is -0.460. The van der Waals surface area contributed by atoms with E-state index in [0.717, 1.165) is 13.0 Å². The summed E-state index contributed by atoms with van der Waals surface area (Å²) in [6.45, 7) is 3.80. The van der Waals surface area contributed by atoms with E-state index in [1.807, 2.05) is 11.3 Å². The molecule has 0 aromatic carbocycles. The van der Waals surface area contributed by atoms with Crippen molar-refractivity contribution in [2.45, 2.75) is 56.9 Å². The van der Waals surface area contributed by atoms with E-state index in [1.54, 1.807) is 7.11 Å². The van der Waals surface area contributed by atoms with Gasteiger partial charge in [-0.2, -0.15) is 0 Å². The van der Waals surface area contributed by atoms with Crippen LogP contribution in [0.2, 0.25) is 0 Å². The maximum atomic E-state index is 9.31. The van der Waals surface area contributed by atoms with Crippen molar-refractivity contribution in [2.24, 2.45) is 5.92 Å². The number of hydrogen-bond donors (Lipinski definition) is 1. The van der Waals surface area contributed by atoms with Crippen LogP contribution in [0.4, 0.5) is 0 Å². The molecule has 2 atom stereocenters. The van der Waals surface area contributed by atoms with Gasteiger partial charge in [0.1, 0.15) is 6.79 Å². The average Bonchev–Trinajstić information content (AvgIpc) is 3.12. The number of methoxy groups -OCH3 is 1. The first-order valence-corrected chi connectivity index (χ1v) is 10.6. The molecule has 1 saturated heterocycles. The quantitative estimate of drug-likeness (QED) is 0.561. The van der Waals surface area contributed by atoms with Crippen molar-refractivity contribution in [2.75, 3.05) is 40.2 Å². The second-order valence-corrected chi connectivity index (χ2v) is 8.60. The summed E-state index contributed by atoms with van der Waals surface area (Å²) < 4.78 is 11.0. The van der Waals surface area contributed by atoms with Gasteiger partial charge in [0.2, 0.25) is 0 Å². The van der Waals surface area contributed by atoms with Gasteiger partial charge in [0.15, 0.2) is 0 Å². The van der Waals surface area contributed by atoms with Crippen LogP contribution in [0.15, 0.2) is 12.1 Å². The molecule has 5 heteroatoms. The first-order chi connectivity index (χ1) is 12.3. The van der Waals surface area contributed by atoms with Crippen LogP contribution in [0.25, 0.3) is 0 Å². The van der Waals surface area contributed by atoms with Crippen LogP contribution in [0, 0.1) is 5.92 Å². The standard InChI is InChI=1S/C20H33NO3S/c1-23-16-24-15-17-7-3-4-11-20(17,21-12-5-2-6-13-21)19-9-8-18(25-19)10-14-22/h8-9,17,22H,2-7,10-16H2,1H3/t17-,20+/m0/s1. The lowest BCUT2D eigenvalue weighted by molar-refractivity contribution is -0.0916. The van der Waals surface area contributed by atoms with Gasteiger partial charge in [-0.1, -0.05) is 19.3 Å². The number of aliphatic hydroxyl groups is 1. The predicted octanol–water partition coefficient (Wildman–Crippen LogP) is 3.77. The molecule has 2 fully saturated rings. The molecule has 0 spiro atoms. The highest BCUT2D eigenvalue weighted by molar-refractivity contribution is 7.12. The normalized spacial score (nSPS) is 28.3. The van der Waals surface area contributed by atoms with E-state index >= 15 is 0 Å². The number of piperidine rings is 1. The minimum atomic E-state index is 0.116. The lowest BCUT2D eigenvalue weighted by atomic mass is 9.70. The van der Waals surface area contributed by atoms with E-state index in [4.69, 9.17) is 9.47 Å². The molecular weight excluding hydrogens is 334 g/mol. The van der Waals surface area contributed by atoms with E-state index in [1.165, 1.54) is 67.8 Å². The summed E-state index contributed by atoms with van der Waals surface area (Å²) in [5, 5.41) is 9.31. The average molecular weight is 368 g/mol. The van der Waals surface area contributed by atoms with Gasteiger partial charge < -0.3 is 14.6 Å². The van der Waals surface area contributed by atoms with Gasteiger partial charge in [-0.05, 0) is 50.9 Å². The molecule has 1 saturated carbocycles. The fourth-order valence-corrected chi connectivity index (χ4v) is 6.09. The lowest BCUT2D eigenvalue weighted by Gasteiger charge is -2.52. The molecule has 0 unspecified atom stereocenters. The Kier molecular flexibility index (Phi) is 7.31. The number of rotatable bonds is 8. The van der Waals surface area contributed by atoms with Crippen LogP contribution in [-0.4, -0.2) is 50.2 Å². The highest BCUT2D eigenvalue weighted by Crippen LogP contribution is 2.49. The van der Waals surface area contributed by atoms with Gasteiger partial charge in [0.05, 0.1) is 12.1 Å². The fourth-order valence-electron chi connectivity index (χ4n) is 4.77. The summed E-state index contributed by atoms with van der Waals surface area (Å²) in [6.07, 6.45) is 9.80. The molecule has 0 bridgehead atoms. The number of nitrogens with zero attached hydrogens (tertiary/aromatic N) is 1. The zero-order valence-electron chi connectivity index (χ0n) is 15.5. The first-order valence-electron chi connectivity index (χ1n) is 9.83. The summed E-state index contributed by atoms with van der Waals surface area (Å²) in [7, 11) is 1.69. The molecule has 0 amide bonds. The SMILES string of the molecule is COCOC[C@@H]1CCCC[C@@]1(c1ccc(CCO)s1)N1CCCCC1. The van der Waals surface area contributed by atoms with Crippen molar-refractivity contribution in [1.29, 1.82) is 0 Å². The van der Waals surface area contributed by atoms with Crippen molar-refractivity contribution < 1.29 is 14.6 Å².